The second-order valence-electron chi connectivity index (χ2n) is 4.27. The van der Waals surface area contributed by atoms with E-state index in [0.29, 0.717) is 16.3 Å². The van der Waals surface area contributed by atoms with Crippen molar-refractivity contribution in [3.05, 3.63) is 65.2 Å². The number of amides is 2. The minimum absolute atomic E-state index is 0.434. The number of rotatable bonds is 4. The number of aliphatic carboxylic acids is 1. The summed E-state index contributed by atoms with van der Waals surface area (Å²) < 4.78 is 0. The van der Waals surface area contributed by atoms with Crippen molar-refractivity contribution in [1.82, 2.24) is 5.32 Å². The Morgan fingerprint density at radius 1 is 1.00 bits per heavy atom. The number of hydrogen-bond donors (Lipinski definition) is 2. The van der Waals surface area contributed by atoms with Crippen LogP contribution >= 0.6 is 11.6 Å². The highest BCUT2D eigenvalue weighted by atomic mass is 35.5. The zero-order valence-electron chi connectivity index (χ0n) is 10.9. The zero-order chi connectivity index (χ0) is 15.2. The van der Waals surface area contributed by atoms with Crippen molar-refractivity contribution >= 4 is 29.3 Å². The number of nitrogens with one attached hydrogen (secondary N) is 2. The van der Waals surface area contributed by atoms with Crippen LogP contribution in [0, 0.1) is 0 Å². The quantitative estimate of drug-likeness (QED) is 0.906. The lowest BCUT2D eigenvalue weighted by atomic mass is 10.1. The van der Waals surface area contributed by atoms with Crippen molar-refractivity contribution in [2.24, 2.45) is 0 Å². The summed E-state index contributed by atoms with van der Waals surface area (Å²) in [5.41, 5.74) is 0.936. The van der Waals surface area contributed by atoms with Gasteiger partial charge in [-0.15, -0.1) is 0 Å². The molecule has 5 nitrogen and oxygen atoms in total. The van der Waals surface area contributed by atoms with Gasteiger partial charge in [0.25, 0.3) is 0 Å². The van der Waals surface area contributed by atoms with Crippen molar-refractivity contribution < 1.29 is 14.7 Å². The number of carboxylic acid groups (broad SMARTS) is 1. The molecule has 0 aliphatic rings. The predicted molar refractivity (Wildman–Crippen MR) is 77.8 cm³/mol. The Morgan fingerprint density at radius 2 is 1.62 bits per heavy atom. The summed E-state index contributed by atoms with van der Waals surface area (Å²) in [4.78, 5) is 23.0. The molecule has 2 N–H and O–H groups in total. The highest BCUT2D eigenvalue weighted by Crippen LogP contribution is 2.15. The van der Waals surface area contributed by atoms with E-state index in [2.05, 4.69) is 10.6 Å². The fourth-order valence-corrected chi connectivity index (χ4v) is 1.88. The molecule has 2 amide bonds. The number of carbonyl (C=O) groups excluding carboxylic acids is 2. The number of carbonyl (C=O) groups is 2. The molecule has 1 atom stereocenters. The Kier molecular flexibility index (Phi) is 4.79. The fraction of sp³-hybridized carbons (Fsp3) is 0.0667. The van der Waals surface area contributed by atoms with Crippen LogP contribution in [0.25, 0.3) is 0 Å². The minimum atomic E-state index is -1.38. The number of hydrogen-bond acceptors (Lipinski definition) is 3. The second-order valence-corrected chi connectivity index (χ2v) is 4.70. The normalized spacial score (nSPS) is 11.5. The third-order valence-electron chi connectivity index (χ3n) is 2.75. The van der Waals surface area contributed by atoms with E-state index >= 15 is 0 Å². The topological polar surface area (TPSA) is 81.3 Å². The lowest BCUT2D eigenvalue weighted by Crippen LogP contribution is -2.43. The first-order valence-electron chi connectivity index (χ1n) is 6.15. The molecule has 0 aliphatic carbocycles. The Hall–Kier alpha value is -2.53. The van der Waals surface area contributed by atoms with Gasteiger partial charge in [-0.3, -0.25) is 0 Å². The summed E-state index contributed by atoms with van der Waals surface area (Å²) in [6.45, 7) is 0. The predicted octanol–water partition coefficient (Wildman–Crippen LogP) is 1.95. The summed E-state index contributed by atoms with van der Waals surface area (Å²) in [5.74, 6) is -1.38. The highest BCUT2D eigenvalue weighted by molar-refractivity contribution is 6.30. The van der Waals surface area contributed by atoms with E-state index in [-0.39, 0.29) is 0 Å². The number of urea groups is 1. The number of carboxylic acids is 1. The van der Waals surface area contributed by atoms with Gasteiger partial charge in [0, 0.05) is 10.7 Å². The van der Waals surface area contributed by atoms with E-state index in [9.17, 15) is 14.7 Å². The average molecular weight is 304 g/mol. The fourth-order valence-electron chi connectivity index (χ4n) is 1.76. The summed E-state index contributed by atoms with van der Waals surface area (Å²) in [6, 6.07) is 12.9. The maximum absolute atomic E-state index is 11.8. The van der Waals surface area contributed by atoms with Gasteiger partial charge >= 0.3 is 6.03 Å². The molecule has 0 bridgehead atoms. The molecule has 0 aromatic heterocycles. The van der Waals surface area contributed by atoms with Crippen LogP contribution in [-0.4, -0.2) is 12.0 Å². The van der Waals surface area contributed by atoms with E-state index in [1.54, 1.807) is 54.6 Å². The van der Waals surface area contributed by atoms with Gasteiger partial charge in [-0.25, -0.2) is 4.79 Å². The van der Waals surface area contributed by atoms with Gasteiger partial charge in [0.15, 0.2) is 0 Å². The van der Waals surface area contributed by atoms with Gasteiger partial charge in [0.1, 0.15) is 0 Å². The van der Waals surface area contributed by atoms with Crippen LogP contribution in [0.3, 0.4) is 0 Å². The van der Waals surface area contributed by atoms with E-state index in [1.807, 2.05) is 0 Å². The largest absolute Gasteiger partial charge is 0.548 e. The smallest absolute Gasteiger partial charge is 0.320 e. The lowest BCUT2D eigenvalue weighted by Gasteiger charge is -2.20. The Bertz CT molecular complexity index is 629. The third kappa shape index (κ3) is 4.22. The van der Waals surface area contributed by atoms with Gasteiger partial charge in [-0.1, -0.05) is 41.9 Å². The van der Waals surface area contributed by atoms with E-state index in [4.69, 9.17) is 11.6 Å². The van der Waals surface area contributed by atoms with Gasteiger partial charge in [-0.2, -0.15) is 0 Å². The molecule has 2 aromatic carbocycles. The number of halogens is 1. The molecule has 0 spiro atoms. The van der Waals surface area contributed by atoms with E-state index in [1.165, 1.54) is 0 Å². The van der Waals surface area contributed by atoms with Crippen molar-refractivity contribution in [2.45, 2.75) is 6.04 Å². The first-order valence-corrected chi connectivity index (χ1v) is 6.53. The van der Waals surface area contributed by atoms with E-state index in [0.717, 1.165) is 0 Å². The molecular formula is C15H12ClN2O3-. The van der Waals surface area contributed by atoms with Crippen LogP contribution in [0.1, 0.15) is 11.6 Å². The molecule has 0 heterocycles. The van der Waals surface area contributed by atoms with Crippen molar-refractivity contribution in [2.75, 3.05) is 5.32 Å². The Morgan fingerprint density at radius 3 is 2.19 bits per heavy atom. The van der Waals surface area contributed by atoms with E-state index < -0.39 is 18.0 Å². The van der Waals surface area contributed by atoms with Crippen LogP contribution in [0.4, 0.5) is 10.5 Å². The van der Waals surface area contributed by atoms with Crippen molar-refractivity contribution in [3.8, 4) is 0 Å². The molecule has 0 aliphatic heterocycles. The zero-order valence-corrected chi connectivity index (χ0v) is 11.6. The second kappa shape index (κ2) is 6.76. The van der Waals surface area contributed by atoms with Gasteiger partial charge < -0.3 is 20.5 Å². The first kappa shape index (κ1) is 14.9. The van der Waals surface area contributed by atoms with Crippen LogP contribution < -0.4 is 15.7 Å². The van der Waals surface area contributed by atoms with Gasteiger partial charge in [0.05, 0.1) is 12.0 Å². The molecule has 2 rings (SSSR count). The summed E-state index contributed by atoms with van der Waals surface area (Å²) in [6.07, 6.45) is 0. The Balaban J connectivity index is 2.05. The van der Waals surface area contributed by atoms with Crippen molar-refractivity contribution in [3.63, 3.8) is 0 Å². The molecular weight excluding hydrogens is 292 g/mol. The minimum Gasteiger partial charge on any atom is -0.548 e. The molecule has 108 valence electrons. The number of benzene rings is 2. The molecule has 6 heteroatoms. The summed E-state index contributed by atoms with van der Waals surface area (Å²) in [5, 5.41) is 16.6. The molecule has 0 fully saturated rings. The molecule has 0 saturated heterocycles. The SMILES string of the molecule is O=C(Nc1ccc(Cl)cc1)N[C@@H](C(=O)[O-])c1ccccc1. The lowest BCUT2D eigenvalue weighted by molar-refractivity contribution is -0.308. The van der Waals surface area contributed by atoms with Crippen LogP contribution in [0.2, 0.25) is 5.02 Å². The first-order chi connectivity index (χ1) is 10.1. The monoisotopic (exact) mass is 303 g/mol. The van der Waals surface area contributed by atoms with Crippen LogP contribution in [0.5, 0.6) is 0 Å². The highest BCUT2D eigenvalue weighted by Gasteiger charge is 2.15. The Labute approximate surface area is 126 Å². The van der Waals surface area contributed by atoms with Gasteiger partial charge in [0.2, 0.25) is 0 Å². The summed E-state index contributed by atoms with van der Waals surface area (Å²) in [7, 11) is 0. The maximum atomic E-state index is 11.8. The summed E-state index contributed by atoms with van der Waals surface area (Å²) >= 11 is 5.74. The molecule has 0 saturated carbocycles. The molecule has 2 aromatic rings. The molecule has 0 unspecified atom stereocenters. The van der Waals surface area contributed by atoms with Gasteiger partial charge in [-0.05, 0) is 29.8 Å². The average Bonchev–Trinajstić information content (AvgIpc) is 2.48. The van der Waals surface area contributed by atoms with Crippen LogP contribution in [-0.2, 0) is 4.79 Å². The standard InChI is InChI=1S/C15H13ClN2O3/c16-11-6-8-12(9-7-11)17-15(21)18-13(14(19)20)10-4-2-1-3-5-10/h1-9,13H,(H,19,20)(H2,17,18,21)/p-1/t13-/m1/s1. The van der Waals surface area contributed by atoms with Crippen molar-refractivity contribution in [1.29, 1.82) is 0 Å². The number of anilines is 1. The molecule has 0 radical (unpaired) electrons. The third-order valence-corrected chi connectivity index (χ3v) is 3.00. The maximum Gasteiger partial charge on any atom is 0.320 e. The molecule has 21 heavy (non-hydrogen) atoms. The van der Waals surface area contributed by atoms with Crippen LogP contribution in [0.15, 0.2) is 54.6 Å².